The SMILES string of the molecule is CC(C)OC(=O)CSc1nnc(-c2ccccc2)s1. The highest BCUT2D eigenvalue weighted by atomic mass is 32.2. The Morgan fingerprint density at radius 2 is 2.05 bits per heavy atom. The molecule has 0 bridgehead atoms. The van der Waals surface area contributed by atoms with E-state index in [-0.39, 0.29) is 17.8 Å². The number of hydrogen-bond acceptors (Lipinski definition) is 6. The zero-order valence-corrected chi connectivity index (χ0v) is 12.3. The lowest BCUT2D eigenvalue weighted by atomic mass is 10.2. The number of carbonyl (C=O) groups is 1. The second-order valence-corrected chi connectivity index (χ2v) is 6.27. The summed E-state index contributed by atoms with van der Waals surface area (Å²) in [6.45, 7) is 3.67. The Hall–Kier alpha value is -1.40. The van der Waals surface area contributed by atoms with Crippen molar-refractivity contribution in [2.24, 2.45) is 0 Å². The summed E-state index contributed by atoms with van der Waals surface area (Å²) in [5.74, 6) is 0.0400. The van der Waals surface area contributed by atoms with Crippen LogP contribution in [0.25, 0.3) is 10.6 Å². The number of nitrogens with zero attached hydrogens (tertiary/aromatic N) is 2. The van der Waals surface area contributed by atoms with Gasteiger partial charge in [0, 0.05) is 5.56 Å². The molecule has 0 saturated carbocycles. The first-order chi connectivity index (χ1) is 9.15. The van der Waals surface area contributed by atoms with E-state index in [1.807, 2.05) is 44.2 Å². The molecule has 1 aromatic carbocycles. The molecule has 1 aromatic heterocycles. The van der Waals surface area contributed by atoms with Crippen molar-refractivity contribution >= 4 is 29.1 Å². The highest BCUT2D eigenvalue weighted by Crippen LogP contribution is 2.29. The van der Waals surface area contributed by atoms with E-state index in [2.05, 4.69) is 10.2 Å². The van der Waals surface area contributed by atoms with Crippen molar-refractivity contribution in [1.29, 1.82) is 0 Å². The molecule has 0 atom stereocenters. The number of aromatic nitrogens is 2. The number of benzene rings is 1. The number of hydrogen-bond donors (Lipinski definition) is 0. The highest BCUT2D eigenvalue weighted by molar-refractivity contribution is 8.01. The molecule has 6 heteroatoms. The summed E-state index contributed by atoms with van der Waals surface area (Å²) in [6.07, 6.45) is -0.0811. The molecule has 0 spiro atoms. The summed E-state index contributed by atoms with van der Waals surface area (Å²) in [5, 5.41) is 9.05. The summed E-state index contributed by atoms with van der Waals surface area (Å²) in [6, 6.07) is 9.86. The Morgan fingerprint density at radius 1 is 1.32 bits per heavy atom. The van der Waals surface area contributed by atoms with E-state index < -0.39 is 0 Å². The van der Waals surface area contributed by atoms with Gasteiger partial charge in [0.25, 0.3) is 0 Å². The molecule has 0 radical (unpaired) electrons. The van der Waals surface area contributed by atoms with Gasteiger partial charge >= 0.3 is 5.97 Å². The first kappa shape index (κ1) is 14.0. The summed E-state index contributed by atoms with van der Waals surface area (Å²) in [5.41, 5.74) is 1.04. The van der Waals surface area contributed by atoms with E-state index in [0.29, 0.717) is 0 Å². The molecule has 2 rings (SSSR count). The van der Waals surface area contributed by atoms with Crippen LogP contribution in [0.15, 0.2) is 34.7 Å². The van der Waals surface area contributed by atoms with Gasteiger partial charge in [0.1, 0.15) is 5.01 Å². The van der Waals surface area contributed by atoms with Gasteiger partial charge in [-0.2, -0.15) is 0 Å². The predicted molar refractivity (Wildman–Crippen MR) is 77.3 cm³/mol. The number of thioether (sulfide) groups is 1. The fourth-order valence-electron chi connectivity index (χ4n) is 1.38. The van der Waals surface area contributed by atoms with Gasteiger partial charge in [-0.3, -0.25) is 4.79 Å². The van der Waals surface area contributed by atoms with Crippen molar-refractivity contribution in [2.45, 2.75) is 24.3 Å². The fraction of sp³-hybridized carbons (Fsp3) is 0.308. The van der Waals surface area contributed by atoms with Crippen LogP contribution in [-0.2, 0) is 9.53 Å². The van der Waals surface area contributed by atoms with E-state index in [1.54, 1.807) is 0 Å². The molecule has 100 valence electrons. The molecule has 0 aliphatic heterocycles. The zero-order chi connectivity index (χ0) is 13.7. The van der Waals surface area contributed by atoms with Crippen molar-refractivity contribution in [1.82, 2.24) is 10.2 Å². The maximum atomic E-state index is 11.4. The lowest BCUT2D eigenvalue weighted by Gasteiger charge is -2.05. The summed E-state index contributed by atoms with van der Waals surface area (Å²) in [4.78, 5) is 11.4. The Kier molecular flexibility index (Phi) is 4.93. The third kappa shape index (κ3) is 4.33. The quantitative estimate of drug-likeness (QED) is 0.626. The van der Waals surface area contributed by atoms with E-state index in [9.17, 15) is 4.79 Å². The molecule has 1 heterocycles. The Bertz CT molecular complexity index is 541. The van der Waals surface area contributed by atoms with Gasteiger partial charge in [-0.15, -0.1) is 10.2 Å². The van der Waals surface area contributed by atoms with Crippen LogP contribution in [0.4, 0.5) is 0 Å². The lowest BCUT2D eigenvalue weighted by Crippen LogP contribution is -2.13. The first-order valence-corrected chi connectivity index (χ1v) is 7.66. The molecular formula is C13H14N2O2S2. The maximum absolute atomic E-state index is 11.4. The highest BCUT2D eigenvalue weighted by Gasteiger charge is 2.10. The molecule has 0 aliphatic rings. The average molecular weight is 294 g/mol. The first-order valence-electron chi connectivity index (χ1n) is 5.86. The van der Waals surface area contributed by atoms with Crippen molar-refractivity contribution < 1.29 is 9.53 Å². The largest absolute Gasteiger partial charge is 0.462 e. The van der Waals surface area contributed by atoms with Crippen LogP contribution in [0.1, 0.15) is 13.8 Å². The molecule has 4 nitrogen and oxygen atoms in total. The van der Waals surface area contributed by atoms with Gasteiger partial charge in [0.2, 0.25) is 0 Å². The molecule has 0 amide bonds. The van der Waals surface area contributed by atoms with Crippen LogP contribution in [0.3, 0.4) is 0 Å². The molecule has 19 heavy (non-hydrogen) atoms. The van der Waals surface area contributed by atoms with Crippen LogP contribution in [0.2, 0.25) is 0 Å². The summed E-state index contributed by atoms with van der Waals surface area (Å²) < 4.78 is 5.84. The molecular weight excluding hydrogens is 280 g/mol. The van der Waals surface area contributed by atoms with Crippen molar-refractivity contribution in [3.8, 4) is 10.6 Å². The Morgan fingerprint density at radius 3 is 2.74 bits per heavy atom. The molecule has 0 unspecified atom stereocenters. The van der Waals surface area contributed by atoms with Gasteiger partial charge in [-0.1, -0.05) is 53.4 Å². The third-order valence-electron chi connectivity index (χ3n) is 2.11. The minimum absolute atomic E-state index is 0.0811. The smallest absolute Gasteiger partial charge is 0.316 e. The van der Waals surface area contributed by atoms with Crippen molar-refractivity contribution in [3.63, 3.8) is 0 Å². The van der Waals surface area contributed by atoms with Crippen molar-refractivity contribution in [2.75, 3.05) is 5.75 Å². The minimum Gasteiger partial charge on any atom is -0.462 e. The van der Waals surface area contributed by atoms with Gasteiger partial charge in [0.15, 0.2) is 4.34 Å². The fourth-order valence-corrected chi connectivity index (χ4v) is 3.02. The molecule has 0 fully saturated rings. The lowest BCUT2D eigenvalue weighted by molar-refractivity contribution is -0.144. The number of rotatable bonds is 5. The molecule has 0 saturated heterocycles. The number of esters is 1. The van der Waals surface area contributed by atoms with E-state index in [1.165, 1.54) is 23.1 Å². The van der Waals surface area contributed by atoms with Gasteiger partial charge < -0.3 is 4.74 Å². The molecule has 2 aromatic rings. The minimum atomic E-state index is -0.225. The average Bonchev–Trinajstić information content (AvgIpc) is 2.85. The third-order valence-corrected chi connectivity index (χ3v) is 4.19. The monoisotopic (exact) mass is 294 g/mol. The van der Waals surface area contributed by atoms with Crippen LogP contribution in [-0.4, -0.2) is 28.0 Å². The summed E-state index contributed by atoms with van der Waals surface area (Å²) in [7, 11) is 0. The normalized spacial score (nSPS) is 10.7. The standard InChI is InChI=1S/C13H14N2O2S2/c1-9(2)17-11(16)8-18-13-15-14-12(19-13)10-6-4-3-5-7-10/h3-7,9H,8H2,1-2H3. The Labute approximate surface area is 120 Å². The Balaban J connectivity index is 1.93. The van der Waals surface area contributed by atoms with Gasteiger partial charge in [-0.25, -0.2) is 0 Å². The molecule has 0 N–H and O–H groups in total. The van der Waals surface area contributed by atoms with E-state index in [4.69, 9.17) is 4.74 Å². The van der Waals surface area contributed by atoms with Crippen LogP contribution in [0, 0.1) is 0 Å². The predicted octanol–water partition coefficient (Wildman–Crippen LogP) is 3.25. The van der Waals surface area contributed by atoms with Gasteiger partial charge in [-0.05, 0) is 13.8 Å². The zero-order valence-electron chi connectivity index (χ0n) is 10.7. The number of ether oxygens (including phenoxy) is 1. The summed E-state index contributed by atoms with van der Waals surface area (Å²) >= 11 is 2.84. The van der Waals surface area contributed by atoms with E-state index in [0.717, 1.165) is 14.9 Å². The number of carbonyl (C=O) groups excluding carboxylic acids is 1. The van der Waals surface area contributed by atoms with E-state index >= 15 is 0 Å². The topological polar surface area (TPSA) is 52.1 Å². The van der Waals surface area contributed by atoms with Crippen LogP contribution < -0.4 is 0 Å². The second-order valence-electron chi connectivity index (χ2n) is 4.07. The van der Waals surface area contributed by atoms with Gasteiger partial charge in [0.05, 0.1) is 11.9 Å². The maximum Gasteiger partial charge on any atom is 0.316 e. The van der Waals surface area contributed by atoms with Crippen LogP contribution >= 0.6 is 23.1 Å². The van der Waals surface area contributed by atoms with Crippen molar-refractivity contribution in [3.05, 3.63) is 30.3 Å². The van der Waals surface area contributed by atoms with Crippen LogP contribution in [0.5, 0.6) is 0 Å². The molecule has 0 aliphatic carbocycles. The second kappa shape index (κ2) is 6.68.